The number of carbonyl (C=O) groups excluding carboxylic acids is 1. The summed E-state index contributed by atoms with van der Waals surface area (Å²) >= 11 is 0. The van der Waals surface area contributed by atoms with Crippen LogP contribution in [0.2, 0.25) is 0 Å². The number of pyridine rings is 1. The first-order chi connectivity index (χ1) is 6.70. The third-order valence-electron chi connectivity index (χ3n) is 2.42. The number of benzene rings is 1. The Balaban J connectivity index is 2.81. The highest BCUT2D eigenvalue weighted by atomic mass is 16.1. The van der Waals surface area contributed by atoms with E-state index in [1.807, 2.05) is 31.2 Å². The molecule has 0 unspecified atom stereocenters. The fraction of sp³-hybridized carbons (Fsp3) is 0.167. The second-order valence-corrected chi connectivity index (χ2v) is 3.37. The minimum atomic E-state index is 0.0701. The molecule has 0 spiro atoms. The fourth-order valence-corrected chi connectivity index (χ4v) is 1.63. The molecule has 14 heavy (non-hydrogen) atoms. The van der Waals surface area contributed by atoms with Gasteiger partial charge in [-0.3, -0.25) is 9.78 Å². The Bertz CT molecular complexity index is 503. The predicted molar refractivity (Wildman–Crippen MR) is 56.5 cm³/mol. The van der Waals surface area contributed by atoms with E-state index in [4.69, 9.17) is 0 Å². The molecule has 2 heteroatoms. The van der Waals surface area contributed by atoms with Gasteiger partial charge in [-0.2, -0.15) is 0 Å². The molecule has 0 aliphatic heterocycles. The quantitative estimate of drug-likeness (QED) is 0.639. The molecule has 2 aromatic rings. The van der Waals surface area contributed by atoms with E-state index in [1.165, 1.54) is 0 Å². The number of fused-ring (bicyclic) bond motifs is 1. The van der Waals surface area contributed by atoms with Crippen LogP contribution in [0.5, 0.6) is 0 Å². The molecule has 0 aliphatic rings. The Kier molecular flexibility index (Phi) is 2.04. The molecule has 0 amide bonds. The SMILES string of the molecule is CC(=O)c1cnc2ccccc2c1C. The summed E-state index contributed by atoms with van der Waals surface area (Å²) in [6.07, 6.45) is 1.65. The van der Waals surface area contributed by atoms with Crippen LogP contribution in [0.4, 0.5) is 0 Å². The van der Waals surface area contributed by atoms with Crippen molar-refractivity contribution in [2.45, 2.75) is 13.8 Å². The maximum absolute atomic E-state index is 11.3. The Hall–Kier alpha value is -1.70. The van der Waals surface area contributed by atoms with Crippen LogP contribution in [0, 0.1) is 6.92 Å². The van der Waals surface area contributed by atoms with Crippen LogP contribution in [0.1, 0.15) is 22.8 Å². The van der Waals surface area contributed by atoms with Crippen LogP contribution < -0.4 is 0 Å². The van der Waals surface area contributed by atoms with E-state index in [9.17, 15) is 4.79 Å². The number of ketones is 1. The van der Waals surface area contributed by atoms with Gasteiger partial charge in [0.1, 0.15) is 0 Å². The molecule has 70 valence electrons. The van der Waals surface area contributed by atoms with E-state index >= 15 is 0 Å². The van der Waals surface area contributed by atoms with Crippen LogP contribution >= 0.6 is 0 Å². The van der Waals surface area contributed by atoms with Crippen LogP contribution in [0.3, 0.4) is 0 Å². The van der Waals surface area contributed by atoms with Gasteiger partial charge in [0, 0.05) is 17.1 Å². The molecule has 0 bridgehead atoms. The van der Waals surface area contributed by atoms with Gasteiger partial charge < -0.3 is 0 Å². The van der Waals surface area contributed by atoms with E-state index < -0.39 is 0 Å². The average molecular weight is 185 g/mol. The van der Waals surface area contributed by atoms with Crippen molar-refractivity contribution < 1.29 is 4.79 Å². The molecule has 2 nitrogen and oxygen atoms in total. The predicted octanol–water partition coefficient (Wildman–Crippen LogP) is 2.75. The van der Waals surface area contributed by atoms with E-state index in [0.29, 0.717) is 5.56 Å². The van der Waals surface area contributed by atoms with Gasteiger partial charge in [0.05, 0.1) is 5.52 Å². The lowest BCUT2D eigenvalue weighted by atomic mass is 10.0. The van der Waals surface area contributed by atoms with E-state index in [-0.39, 0.29) is 5.78 Å². The van der Waals surface area contributed by atoms with E-state index in [2.05, 4.69) is 4.98 Å². The Morgan fingerprint density at radius 3 is 2.71 bits per heavy atom. The van der Waals surface area contributed by atoms with Crippen LogP contribution in [-0.4, -0.2) is 10.8 Å². The van der Waals surface area contributed by atoms with Gasteiger partial charge in [0.2, 0.25) is 0 Å². The Morgan fingerprint density at radius 1 is 1.29 bits per heavy atom. The Labute approximate surface area is 82.6 Å². The topological polar surface area (TPSA) is 30.0 Å². The molecule has 0 fully saturated rings. The van der Waals surface area contributed by atoms with Gasteiger partial charge in [-0.1, -0.05) is 18.2 Å². The lowest BCUT2D eigenvalue weighted by molar-refractivity contribution is 0.101. The van der Waals surface area contributed by atoms with Crippen molar-refractivity contribution in [3.63, 3.8) is 0 Å². The minimum absolute atomic E-state index is 0.0701. The van der Waals surface area contributed by atoms with Crippen molar-refractivity contribution >= 4 is 16.7 Å². The first-order valence-corrected chi connectivity index (χ1v) is 4.55. The number of Topliss-reactive ketones (excluding diaryl/α,β-unsaturated/α-hetero) is 1. The summed E-state index contributed by atoms with van der Waals surface area (Å²) in [5.74, 6) is 0.0701. The van der Waals surface area contributed by atoms with Crippen LogP contribution in [-0.2, 0) is 0 Å². The summed E-state index contributed by atoms with van der Waals surface area (Å²) in [5, 5.41) is 1.06. The van der Waals surface area contributed by atoms with Crippen molar-refractivity contribution in [3.8, 4) is 0 Å². The first kappa shape index (κ1) is 8.88. The number of hydrogen-bond donors (Lipinski definition) is 0. The second-order valence-electron chi connectivity index (χ2n) is 3.37. The molecule has 0 saturated heterocycles. The molecule has 0 atom stereocenters. The summed E-state index contributed by atoms with van der Waals surface area (Å²) in [5.41, 5.74) is 2.67. The molecule has 1 aromatic heterocycles. The van der Waals surface area contributed by atoms with Gasteiger partial charge >= 0.3 is 0 Å². The third-order valence-corrected chi connectivity index (χ3v) is 2.42. The van der Waals surface area contributed by atoms with Crippen molar-refractivity contribution in [2.75, 3.05) is 0 Å². The van der Waals surface area contributed by atoms with Gasteiger partial charge in [-0.15, -0.1) is 0 Å². The van der Waals surface area contributed by atoms with Gasteiger partial charge in [-0.25, -0.2) is 0 Å². The molecule has 1 heterocycles. The molecular weight excluding hydrogens is 174 g/mol. The normalized spacial score (nSPS) is 10.4. The molecule has 0 saturated carbocycles. The number of para-hydroxylation sites is 1. The maximum Gasteiger partial charge on any atom is 0.161 e. The zero-order valence-corrected chi connectivity index (χ0v) is 8.24. The summed E-state index contributed by atoms with van der Waals surface area (Å²) in [6, 6.07) is 7.85. The summed E-state index contributed by atoms with van der Waals surface area (Å²) in [6.45, 7) is 3.53. The number of aryl methyl sites for hydroxylation is 1. The fourth-order valence-electron chi connectivity index (χ4n) is 1.63. The highest BCUT2D eigenvalue weighted by Crippen LogP contribution is 2.19. The standard InChI is InChI=1S/C12H11NO/c1-8-10-5-3-4-6-12(10)13-7-11(8)9(2)14/h3-7H,1-2H3. The highest BCUT2D eigenvalue weighted by Gasteiger charge is 2.07. The van der Waals surface area contributed by atoms with Crippen molar-refractivity contribution in [1.29, 1.82) is 0 Å². The van der Waals surface area contributed by atoms with E-state index in [0.717, 1.165) is 16.5 Å². The van der Waals surface area contributed by atoms with Gasteiger partial charge in [0.25, 0.3) is 0 Å². The van der Waals surface area contributed by atoms with Crippen molar-refractivity contribution in [1.82, 2.24) is 4.98 Å². The molecule has 2 rings (SSSR count). The number of hydrogen-bond acceptors (Lipinski definition) is 2. The zero-order valence-electron chi connectivity index (χ0n) is 8.24. The Morgan fingerprint density at radius 2 is 2.00 bits per heavy atom. The van der Waals surface area contributed by atoms with E-state index in [1.54, 1.807) is 13.1 Å². The summed E-state index contributed by atoms with van der Waals surface area (Å²) < 4.78 is 0. The molecular formula is C12H11NO. The molecule has 0 radical (unpaired) electrons. The van der Waals surface area contributed by atoms with Crippen LogP contribution in [0.25, 0.3) is 10.9 Å². The van der Waals surface area contributed by atoms with Gasteiger partial charge in [-0.05, 0) is 25.5 Å². The average Bonchev–Trinajstić information content (AvgIpc) is 2.18. The lowest BCUT2D eigenvalue weighted by Crippen LogP contribution is -1.98. The minimum Gasteiger partial charge on any atom is -0.294 e. The van der Waals surface area contributed by atoms with Crippen LogP contribution in [0.15, 0.2) is 30.5 Å². The number of rotatable bonds is 1. The molecule has 0 aliphatic carbocycles. The number of nitrogens with zero attached hydrogens (tertiary/aromatic N) is 1. The highest BCUT2D eigenvalue weighted by molar-refractivity contribution is 5.99. The third kappa shape index (κ3) is 1.29. The smallest absolute Gasteiger partial charge is 0.161 e. The monoisotopic (exact) mass is 185 g/mol. The number of aromatic nitrogens is 1. The maximum atomic E-state index is 11.3. The summed E-state index contributed by atoms with van der Waals surface area (Å²) in [7, 11) is 0. The largest absolute Gasteiger partial charge is 0.294 e. The molecule has 1 aromatic carbocycles. The zero-order chi connectivity index (χ0) is 10.1. The molecule has 0 N–H and O–H groups in total. The second kappa shape index (κ2) is 3.22. The number of carbonyl (C=O) groups is 1. The lowest BCUT2D eigenvalue weighted by Gasteiger charge is -2.04. The van der Waals surface area contributed by atoms with Crippen molar-refractivity contribution in [2.24, 2.45) is 0 Å². The van der Waals surface area contributed by atoms with Gasteiger partial charge in [0.15, 0.2) is 5.78 Å². The summed E-state index contributed by atoms with van der Waals surface area (Å²) in [4.78, 5) is 15.5. The van der Waals surface area contributed by atoms with Crippen molar-refractivity contribution in [3.05, 3.63) is 41.6 Å². The first-order valence-electron chi connectivity index (χ1n) is 4.55.